The number of carbonyl (C=O) groups excluding carboxylic acids is 1. The summed E-state index contributed by atoms with van der Waals surface area (Å²) in [5.74, 6) is 0.415. The molecule has 1 aromatic carbocycles. The lowest BCUT2D eigenvalue weighted by Gasteiger charge is -2.21. The molecular weight excluding hydrogens is 218 g/mol. The predicted molar refractivity (Wildman–Crippen MR) is 66.9 cm³/mol. The van der Waals surface area contributed by atoms with Gasteiger partial charge in [-0.2, -0.15) is 0 Å². The molecule has 2 N–H and O–H groups in total. The maximum Gasteiger partial charge on any atom is 0.314 e. The highest BCUT2D eigenvalue weighted by atomic mass is 16.5. The maximum atomic E-state index is 11.5. The van der Waals surface area contributed by atoms with E-state index in [4.69, 9.17) is 15.2 Å². The first-order valence-corrected chi connectivity index (χ1v) is 5.44. The monoisotopic (exact) mass is 237 g/mol. The Hall–Kier alpha value is -1.71. The molecule has 0 spiro atoms. The molecule has 0 aromatic heterocycles. The predicted octanol–water partition coefficient (Wildman–Crippen LogP) is 2.16. The van der Waals surface area contributed by atoms with Crippen molar-refractivity contribution in [3.8, 4) is 5.75 Å². The molecule has 0 saturated carbocycles. The van der Waals surface area contributed by atoms with Gasteiger partial charge in [-0.05, 0) is 44.5 Å². The molecule has 17 heavy (non-hydrogen) atoms. The van der Waals surface area contributed by atoms with Gasteiger partial charge in [-0.1, -0.05) is 0 Å². The van der Waals surface area contributed by atoms with Crippen LogP contribution in [-0.2, 0) is 9.53 Å². The van der Waals surface area contributed by atoms with Crippen molar-refractivity contribution in [1.29, 1.82) is 0 Å². The molecule has 0 aliphatic heterocycles. The van der Waals surface area contributed by atoms with E-state index in [1.54, 1.807) is 26.0 Å². The van der Waals surface area contributed by atoms with Crippen LogP contribution in [0.25, 0.3) is 0 Å². The van der Waals surface area contributed by atoms with Crippen LogP contribution in [-0.4, -0.2) is 19.7 Å². The number of hydrogen-bond donors (Lipinski definition) is 1. The van der Waals surface area contributed by atoms with E-state index in [2.05, 4.69) is 0 Å². The van der Waals surface area contributed by atoms with Crippen molar-refractivity contribution >= 4 is 11.7 Å². The summed E-state index contributed by atoms with van der Waals surface area (Å²) in [7, 11) is 1.37. The summed E-state index contributed by atoms with van der Waals surface area (Å²) in [4.78, 5) is 11.5. The molecule has 0 heterocycles. The van der Waals surface area contributed by atoms with Crippen LogP contribution in [0.2, 0.25) is 0 Å². The van der Waals surface area contributed by atoms with Gasteiger partial charge in [-0.15, -0.1) is 0 Å². The summed E-state index contributed by atoms with van der Waals surface area (Å²) >= 11 is 0. The summed E-state index contributed by atoms with van der Waals surface area (Å²) in [5, 5.41) is 0. The number of nitrogen functional groups attached to an aromatic ring is 1. The molecule has 0 unspecified atom stereocenters. The van der Waals surface area contributed by atoms with E-state index in [9.17, 15) is 4.79 Å². The van der Waals surface area contributed by atoms with Crippen LogP contribution in [0.3, 0.4) is 0 Å². The third-order valence-corrected chi connectivity index (χ3v) is 2.58. The van der Waals surface area contributed by atoms with E-state index in [0.29, 0.717) is 5.75 Å². The summed E-state index contributed by atoms with van der Waals surface area (Å²) in [6.45, 7) is 5.74. The first kappa shape index (κ1) is 13.4. The van der Waals surface area contributed by atoms with Crippen LogP contribution in [0, 0.1) is 12.3 Å². The van der Waals surface area contributed by atoms with Crippen LogP contribution < -0.4 is 10.5 Å². The Kier molecular flexibility index (Phi) is 3.99. The summed E-state index contributed by atoms with van der Waals surface area (Å²) < 4.78 is 10.3. The highest BCUT2D eigenvalue weighted by Crippen LogP contribution is 2.22. The van der Waals surface area contributed by atoms with Crippen molar-refractivity contribution in [2.75, 3.05) is 19.5 Å². The summed E-state index contributed by atoms with van der Waals surface area (Å²) in [6.07, 6.45) is 0. The smallest absolute Gasteiger partial charge is 0.314 e. The van der Waals surface area contributed by atoms with Gasteiger partial charge in [0.15, 0.2) is 0 Å². The number of hydrogen-bond acceptors (Lipinski definition) is 4. The fourth-order valence-corrected chi connectivity index (χ4v) is 1.34. The number of aryl methyl sites for hydroxylation is 1. The SMILES string of the molecule is COC(=O)C(C)(C)COc1ccc(N)c(C)c1. The molecule has 94 valence electrons. The van der Waals surface area contributed by atoms with E-state index in [0.717, 1.165) is 11.3 Å². The van der Waals surface area contributed by atoms with Crippen LogP contribution in [0.1, 0.15) is 19.4 Å². The van der Waals surface area contributed by atoms with E-state index in [1.807, 2.05) is 13.0 Å². The van der Waals surface area contributed by atoms with Crippen molar-refractivity contribution < 1.29 is 14.3 Å². The van der Waals surface area contributed by atoms with E-state index in [-0.39, 0.29) is 12.6 Å². The lowest BCUT2D eigenvalue weighted by Crippen LogP contribution is -2.32. The quantitative estimate of drug-likeness (QED) is 0.644. The summed E-state index contributed by atoms with van der Waals surface area (Å²) in [5.41, 5.74) is 6.73. The Morgan fingerprint density at radius 1 is 1.41 bits per heavy atom. The zero-order valence-electron chi connectivity index (χ0n) is 10.7. The molecule has 0 fully saturated rings. The van der Waals surface area contributed by atoms with Gasteiger partial charge in [0.05, 0.1) is 12.5 Å². The molecule has 0 amide bonds. The largest absolute Gasteiger partial charge is 0.492 e. The third-order valence-electron chi connectivity index (χ3n) is 2.58. The Morgan fingerprint density at radius 2 is 2.06 bits per heavy atom. The average Bonchev–Trinajstić information content (AvgIpc) is 2.29. The fraction of sp³-hybridized carbons (Fsp3) is 0.462. The minimum atomic E-state index is -0.663. The van der Waals surface area contributed by atoms with Gasteiger partial charge >= 0.3 is 5.97 Å². The van der Waals surface area contributed by atoms with Crippen molar-refractivity contribution in [2.45, 2.75) is 20.8 Å². The number of benzene rings is 1. The van der Waals surface area contributed by atoms with Crippen molar-refractivity contribution in [3.63, 3.8) is 0 Å². The highest BCUT2D eigenvalue weighted by Gasteiger charge is 2.29. The second-order valence-electron chi connectivity index (χ2n) is 4.68. The molecule has 4 nitrogen and oxygen atoms in total. The Bertz CT molecular complexity index is 413. The molecule has 0 atom stereocenters. The number of methoxy groups -OCH3 is 1. The second-order valence-corrected chi connectivity index (χ2v) is 4.68. The Labute approximate surface area is 102 Å². The van der Waals surface area contributed by atoms with Crippen LogP contribution >= 0.6 is 0 Å². The Morgan fingerprint density at radius 3 is 2.59 bits per heavy atom. The first-order valence-electron chi connectivity index (χ1n) is 5.44. The molecule has 0 aliphatic carbocycles. The van der Waals surface area contributed by atoms with Crippen LogP contribution in [0.15, 0.2) is 18.2 Å². The normalized spacial score (nSPS) is 11.1. The number of carbonyl (C=O) groups is 1. The topological polar surface area (TPSA) is 61.5 Å². The lowest BCUT2D eigenvalue weighted by atomic mass is 9.95. The van der Waals surface area contributed by atoms with Gasteiger partial charge in [0.2, 0.25) is 0 Å². The van der Waals surface area contributed by atoms with Gasteiger partial charge in [-0.25, -0.2) is 0 Å². The van der Waals surface area contributed by atoms with Crippen molar-refractivity contribution in [2.24, 2.45) is 5.41 Å². The first-order chi connectivity index (χ1) is 7.86. The molecular formula is C13H19NO3. The van der Waals surface area contributed by atoms with Crippen LogP contribution in [0.5, 0.6) is 5.75 Å². The standard InChI is InChI=1S/C13H19NO3/c1-9-7-10(5-6-11(9)14)17-8-13(2,3)12(15)16-4/h5-7H,8,14H2,1-4H3. The van der Waals surface area contributed by atoms with Crippen molar-refractivity contribution in [3.05, 3.63) is 23.8 Å². The zero-order valence-corrected chi connectivity index (χ0v) is 10.7. The third kappa shape index (κ3) is 3.37. The summed E-state index contributed by atoms with van der Waals surface area (Å²) in [6, 6.07) is 5.42. The fourth-order valence-electron chi connectivity index (χ4n) is 1.34. The number of nitrogens with two attached hydrogens (primary N) is 1. The van der Waals surface area contributed by atoms with E-state index >= 15 is 0 Å². The minimum Gasteiger partial charge on any atom is -0.492 e. The number of ether oxygens (including phenoxy) is 2. The minimum absolute atomic E-state index is 0.267. The molecule has 1 aromatic rings. The van der Waals surface area contributed by atoms with Gasteiger partial charge < -0.3 is 15.2 Å². The number of anilines is 1. The number of rotatable bonds is 4. The zero-order chi connectivity index (χ0) is 13.1. The van der Waals surface area contributed by atoms with Gasteiger partial charge in [-0.3, -0.25) is 4.79 Å². The molecule has 4 heteroatoms. The van der Waals surface area contributed by atoms with Crippen molar-refractivity contribution in [1.82, 2.24) is 0 Å². The van der Waals surface area contributed by atoms with Gasteiger partial charge in [0.1, 0.15) is 12.4 Å². The lowest BCUT2D eigenvalue weighted by molar-refractivity contribution is -0.152. The van der Waals surface area contributed by atoms with Gasteiger partial charge in [0.25, 0.3) is 0 Å². The van der Waals surface area contributed by atoms with Gasteiger partial charge in [0, 0.05) is 5.69 Å². The molecule has 0 radical (unpaired) electrons. The van der Waals surface area contributed by atoms with E-state index < -0.39 is 5.41 Å². The molecule has 0 aliphatic rings. The maximum absolute atomic E-state index is 11.5. The van der Waals surface area contributed by atoms with E-state index in [1.165, 1.54) is 7.11 Å². The Balaban J connectivity index is 2.67. The molecule has 0 saturated heterocycles. The average molecular weight is 237 g/mol. The number of esters is 1. The molecule has 1 rings (SSSR count). The molecule has 0 bridgehead atoms. The van der Waals surface area contributed by atoms with Crippen LogP contribution in [0.4, 0.5) is 5.69 Å². The second kappa shape index (κ2) is 5.08. The highest BCUT2D eigenvalue weighted by molar-refractivity contribution is 5.75.